The smallest absolute Gasteiger partial charge is 0.122 e. The first-order valence-electron chi connectivity index (χ1n) is 9.37. The van der Waals surface area contributed by atoms with Crippen molar-refractivity contribution >= 4 is 22.9 Å². The van der Waals surface area contributed by atoms with Crippen LogP contribution in [0.4, 0.5) is 0 Å². The molecule has 1 aromatic carbocycles. The van der Waals surface area contributed by atoms with Gasteiger partial charge in [0.15, 0.2) is 0 Å². The van der Waals surface area contributed by atoms with Crippen molar-refractivity contribution in [1.29, 1.82) is 0 Å². The van der Waals surface area contributed by atoms with E-state index in [4.69, 9.17) is 16.3 Å². The summed E-state index contributed by atoms with van der Waals surface area (Å²) in [6.45, 7) is 6.78. The van der Waals surface area contributed by atoms with Crippen LogP contribution in [-0.2, 0) is 6.42 Å². The lowest BCUT2D eigenvalue weighted by molar-refractivity contribution is 0.0953. The molecular weight excluding hydrogens is 366 g/mol. The largest absolute Gasteiger partial charge is 0.493 e. The van der Waals surface area contributed by atoms with E-state index in [0.717, 1.165) is 30.6 Å². The Kier molecular flexibility index (Phi) is 6.60. The van der Waals surface area contributed by atoms with Gasteiger partial charge >= 0.3 is 0 Å². The molecule has 2 unspecified atom stereocenters. The highest BCUT2D eigenvalue weighted by Crippen LogP contribution is 2.39. The van der Waals surface area contributed by atoms with Crippen LogP contribution >= 0.6 is 22.9 Å². The van der Waals surface area contributed by atoms with Crippen LogP contribution in [0.2, 0.25) is 0 Å². The summed E-state index contributed by atoms with van der Waals surface area (Å²) in [5.41, 5.74) is 2.32. The molecule has 0 amide bonds. The van der Waals surface area contributed by atoms with Crippen molar-refractivity contribution in [1.82, 2.24) is 4.98 Å². The van der Waals surface area contributed by atoms with Gasteiger partial charge in [-0.1, -0.05) is 12.1 Å². The molecule has 1 aromatic heterocycles. The molecule has 0 bridgehead atoms. The minimum atomic E-state index is -0.331. The van der Waals surface area contributed by atoms with Gasteiger partial charge in [0.2, 0.25) is 0 Å². The maximum Gasteiger partial charge on any atom is 0.122 e. The molecule has 3 nitrogen and oxygen atoms in total. The second-order valence-electron chi connectivity index (χ2n) is 7.48. The van der Waals surface area contributed by atoms with Crippen LogP contribution < -0.4 is 4.74 Å². The van der Waals surface area contributed by atoms with Gasteiger partial charge in [-0.2, -0.15) is 0 Å². The van der Waals surface area contributed by atoms with Crippen molar-refractivity contribution < 1.29 is 9.84 Å². The van der Waals surface area contributed by atoms with E-state index in [1.807, 2.05) is 6.20 Å². The Morgan fingerprint density at radius 2 is 2.08 bits per heavy atom. The Bertz CT molecular complexity index is 733. The summed E-state index contributed by atoms with van der Waals surface area (Å²) in [6.07, 6.45) is 5.22. The number of hydrogen-bond donors (Lipinski definition) is 1. The Morgan fingerprint density at radius 3 is 2.81 bits per heavy atom. The molecule has 1 fully saturated rings. The van der Waals surface area contributed by atoms with Crippen LogP contribution in [0.5, 0.6) is 5.75 Å². The zero-order valence-electron chi connectivity index (χ0n) is 15.7. The van der Waals surface area contributed by atoms with E-state index in [1.54, 1.807) is 11.3 Å². The van der Waals surface area contributed by atoms with E-state index in [1.165, 1.54) is 15.4 Å². The van der Waals surface area contributed by atoms with Gasteiger partial charge in [0.1, 0.15) is 5.75 Å². The first-order valence-corrected chi connectivity index (χ1v) is 10.6. The molecule has 5 heteroatoms. The van der Waals surface area contributed by atoms with E-state index in [-0.39, 0.29) is 23.3 Å². The first-order chi connectivity index (χ1) is 12.4. The summed E-state index contributed by atoms with van der Waals surface area (Å²) >= 11 is 8.31. The molecule has 1 saturated carbocycles. The van der Waals surface area contributed by atoms with Crippen LogP contribution in [0.1, 0.15) is 40.3 Å². The number of benzene rings is 1. The molecule has 0 saturated heterocycles. The summed E-state index contributed by atoms with van der Waals surface area (Å²) < 4.78 is 6.11. The zero-order valence-corrected chi connectivity index (χ0v) is 17.3. The highest BCUT2D eigenvalue weighted by Gasteiger charge is 2.41. The number of ether oxygens (including phenoxy) is 1. The van der Waals surface area contributed by atoms with Crippen molar-refractivity contribution in [3.8, 4) is 5.75 Å². The van der Waals surface area contributed by atoms with Gasteiger partial charge in [-0.3, -0.25) is 0 Å². The summed E-state index contributed by atoms with van der Waals surface area (Å²) in [6, 6.07) is 6.25. The number of thiazole rings is 1. The van der Waals surface area contributed by atoms with E-state index in [9.17, 15) is 5.11 Å². The summed E-state index contributed by atoms with van der Waals surface area (Å²) in [4.78, 5) is 5.68. The fraction of sp³-hybridized carbons (Fsp3) is 0.571. The van der Waals surface area contributed by atoms with Crippen molar-refractivity contribution in [2.75, 3.05) is 6.61 Å². The molecule has 2 aromatic rings. The van der Waals surface area contributed by atoms with E-state index >= 15 is 0 Å². The quantitative estimate of drug-likeness (QED) is 0.667. The maximum atomic E-state index is 10.5. The van der Waals surface area contributed by atoms with E-state index < -0.39 is 0 Å². The molecule has 26 heavy (non-hydrogen) atoms. The minimum absolute atomic E-state index is 0.0257. The summed E-state index contributed by atoms with van der Waals surface area (Å²) in [5, 5.41) is 11.6. The normalized spacial score (nSPS) is 25.6. The van der Waals surface area contributed by atoms with Gasteiger partial charge in [0.05, 0.1) is 17.7 Å². The van der Waals surface area contributed by atoms with Gasteiger partial charge in [-0.25, -0.2) is 4.98 Å². The second kappa shape index (κ2) is 8.73. The lowest BCUT2D eigenvalue weighted by Crippen LogP contribution is -2.26. The molecule has 3 rings (SSSR count). The number of halogens is 1. The first kappa shape index (κ1) is 19.7. The highest BCUT2D eigenvalue weighted by molar-refractivity contribution is 7.11. The maximum absolute atomic E-state index is 10.5. The SMILES string of the molecule is Cc1ccc(C)c(OC[C@H]2C(Cl)CC(O)[C@@H]2CCCc2ncc(C)s2)c1. The van der Waals surface area contributed by atoms with Gasteiger partial charge in [0, 0.05) is 22.4 Å². The van der Waals surface area contributed by atoms with Crippen molar-refractivity contribution in [2.45, 2.75) is 57.9 Å². The Morgan fingerprint density at radius 1 is 1.27 bits per heavy atom. The van der Waals surface area contributed by atoms with Gasteiger partial charge in [-0.05, 0) is 69.6 Å². The third-order valence-electron chi connectivity index (χ3n) is 5.35. The number of hydrogen-bond acceptors (Lipinski definition) is 4. The molecule has 1 aliphatic carbocycles. The molecule has 1 aliphatic rings. The van der Waals surface area contributed by atoms with Gasteiger partial charge in [-0.15, -0.1) is 22.9 Å². The molecule has 4 atom stereocenters. The molecule has 0 radical (unpaired) electrons. The van der Waals surface area contributed by atoms with E-state index in [2.05, 4.69) is 44.0 Å². The van der Waals surface area contributed by atoms with E-state index in [0.29, 0.717) is 13.0 Å². The summed E-state index contributed by atoms with van der Waals surface area (Å²) in [7, 11) is 0. The molecule has 1 heterocycles. The topological polar surface area (TPSA) is 42.4 Å². The molecule has 0 aliphatic heterocycles. The van der Waals surface area contributed by atoms with Crippen LogP contribution in [-0.4, -0.2) is 28.2 Å². The number of aromatic nitrogens is 1. The minimum Gasteiger partial charge on any atom is -0.493 e. The highest BCUT2D eigenvalue weighted by atomic mass is 35.5. The number of alkyl halides is 1. The third-order valence-corrected chi connectivity index (χ3v) is 6.82. The standard InChI is InChI=1S/C21H28ClNO2S/c1-13-7-8-14(2)20(9-13)25-12-17-16(19(24)10-18(17)22)5-4-6-21-23-11-15(3)26-21/h7-9,11,16-19,24H,4-6,10,12H2,1-3H3/t16-,17-,18?,19?/m1/s1. The van der Waals surface area contributed by atoms with Crippen LogP contribution in [0.15, 0.2) is 24.4 Å². The molecular formula is C21H28ClNO2S. The Labute approximate surface area is 165 Å². The number of aryl methyl sites for hydroxylation is 4. The average Bonchev–Trinajstić information content (AvgIpc) is 3.12. The van der Waals surface area contributed by atoms with Gasteiger partial charge < -0.3 is 9.84 Å². The zero-order chi connectivity index (χ0) is 18.7. The Hall–Kier alpha value is -1.10. The Balaban J connectivity index is 1.57. The van der Waals surface area contributed by atoms with Crippen LogP contribution in [0.3, 0.4) is 0 Å². The van der Waals surface area contributed by atoms with Gasteiger partial charge in [0.25, 0.3) is 0 Å². The molecule has 1 N–H and O–H groups in total. The lowest BCUT2D eigenvalue weighted by Gasteiger charge is -2.24. The van der Waals surface area contributed by atoms with Crippen molar-refractivity contribution in [2.24, 2.45) is 11.8 Å². The molecule has 142 valence electrons. The predicted octanol–water partition coefficient (Wildman–Crippen LogP) is 5.07. The van der Waals surface area contributed by atoms with Crippen LogP contribution in [0, 0.1) is 32.6 Å². The average molecular weight is 394 g/mol. The monoisotopic (exact) mass is 393 g/mol. The van der Waals surface area contributed by atoms with Crippen molar-refractivity contribution in [3.63, 3.8) is 0 Å². The molecule has 0 spiro atoms. The number of aliphatic hydroxyl groups excluding tert-OH is 1. The number of rotatable bonds is 7. The number of aliphatic hydroxyl groups is 1. The fourth-order valence-electron chi connectivity index (χ4n) is 3.82. The third kappa shape index (κ3) is 4.79. The fourth-order valence-corrected chi connectivity index (χ4v) is 5.09. The lowest BCUT2D eigenvalue weighted by atomic mass is 9.90. The second-order valence-corrected chi connectivity index (χ2v) is 9.36. The number of nitrogens with zero attached hydrogens (tertiary/aromatic N) is 1. The predicted molar refractivity (Wildman–Crippen MR) is 108 cm³/mol. The summed E-state index contributed by atoms with van der Waals surface area (Å²) in [5.74, 6) is 1.31. The van der Waals surface area contributed by atoms with Crippen molar-refractivity contribution in [3.05, 3.63) is 45.4 Å². The van der Waals surface area contributed by atoms with Crippen LogP contribution in [0.25, 0.3) is 0 Å².